The molecule has 6 nitrogen and oxygen atoms in total. The van der Waals surface area contributed by atoms with Crippen molar-refractivity contribution < 1.29 is 19.4 Å². The normalized spacial score (nSPS) is 11.9. The topological polar surface area (TPSA) is 116 Å². The Morgan fingerprint density at radius 3 is 2.65 bits per heavy atom. The van der Waals surface area contributed by atoms with Gasteiger partial charge in [0, 0.05) is 5.69 Å². The maximum atomic E-state index is 11.5. The minimum absolute atomic E-state index is 0.0187. The summed E-state index contributed by atoms with van der Waals surface area (Å²) in [6, 6.07) is 3.69. The Hall–Kier alpha value is -2.08. The second kappa shape index (κ2) is 5.31. The molecule has 0 saturated carbocycles. The fourth-order valence-electron chi connectivity index (χ4n) is 1.47. The van der Waals surface area contributed by atoms with Crippen LogP contribution in [0.2, 0.25) is 0 Å². The van der Waals surface area contributed by atoms with Gasteiger partial charge in [0.25, 0.3) is 0 Å². The summed E-state index contributed by atoms with van der Waals surface area (Å²) in [4.78, 5) is 22.2. The Morgan fingerprint density at radius 2 is 2.12 bits per heavy atom. The molecule has 0 amide bonds. The van der Waals surface area contributed by atoms with E-state index in [1.807, 2.05) is 0 Å². The summed E-state index contributed by atoms with van der Waals surface area (Å²) >= 11 is 0. The number of hydrogen-bond donors (Lipinski definition) is 3. The number of hydrogen-bond acceptors (Lipinski definition) is 5. The molecular formula is C11H14N2O4. The van der Waals surface area contributed by atoms with Gasteiger partial charge in [-0.1, -0.05) is 12.1 Å². The first kappa shape index (κ1) is 13.0. The zero-order valence-corrected chi connectivity index (χ0v) is 9.34. The number of carboxylic acids is 1. The van der Waals surface area contributed by atoms with Crippen LogP contribution in [0.5, 0.6) is 0 Å². The summed E-state index contributed by atoms with van der Waals surface area (Å²) in [6.07, 6.45) is 0.0187. The Balaban J connectivity index is 3.11. The third-order valence-corrected chi connectivity index (χ3v) is 2.33. The van der Waals surface area contributed by atoms with E-state index in [0.717, 1.165) is 0 Å². The van der Waals surface area contributed by atoms with Crippen molar-refractivity contribution in [2.75, 3.05) is 12.8 Å². The molecule has 0 aromatic heterocycles. The average Bonchev–Trinajstić information content (AvgIpc) is 2.28. The highest BCUT2D eigenvalue weighted by atomic mass is 16.5. The Bertz CT molecular complexity index is 445. The number of ether oxygens (including phenoxy) is 1. The predicted octanol–water partition coefficient (Wildman–Crippen LogP) is 0.00980. The lowest BCUT2D eigenvalue weighted by molar-refractivity contribution is -0.138. The molecule has 0 aliphatic rings. The van der Waals surface area contributed by atoms with Crippen LogP contribution in [0.1, 0.15) is 15.9 Å². The van der Waals surface area contributed by atoms with E-state index in [1.165, 1.54) is 7.11 Å². The number of rotatable bonds is 4. The van der Waals surface area contributed by atoms with Gasteiger partial charge in [0.2, 0.25) is 0 Å². The number of carbonyl (C=O) groups excluding carboxylic acids is 1. The third-order valence-electron chi connectivity index (χ3n) is 2.33. The number of esters is 1. The van der Waals surface area contributed by atoms with Gasteiger partial charge in [0.15, 0.2) is 0 Å². The molecule has 6 heteroatoms. The number of benzene rings is 1. The monoisotopic (exact) mass is 238 g/mol. The standard InChI is InChI=1S/C11H14N2O4/c1-17-11(16)9-6(3-2-4-7(9)12)5-8(13)10(14)15/h2-4,8H,5,12-13H2,1H3,(H,14,15). The maximum absolute atomic E-state index is 11.5. The van der Waals surface area contributed by atoms with Gasteiger partial charge in [-0.2, -0.15) is 0 Å². The summed E-state index contributed by atoms with van der Waals surface area (Å²) in [5.41, 5.74) is 12.0. The quantitative estimate of drug-likeness (QED) is 0.502. The first-order chi connectivity index (χ1) is 7.97. The van der Waals surface area contributed by atoms with Crippen molar-refractivity contribution >= 4 is 17.6 Å². The van der Waals surface area contributed by atoms with E-state index >= 15 is 0 Å². The number of aliphatic carboxylic acids is 1. The number of anilines is 1. The molecule has 0 saturated heterocycles. The fraction of sp³-hybridized carbons (Fsp3) is 0.273. The van der Waals surface area contributed by atoms with E-state index in [-0.39, 0.29) is 17.7 Å². The van der Waals surface area contributed by atoms with Crippen LogP contribution in [-0.2, 0) is 16.0 Å². The van der Waals surface area contributed by atoms with Crippen LogP contribution >= 0.6 is 0 Å². The minimum Gasteiger partial charge on any atom is -0.480 e. The zero-order valence-electron chi connectivity index (χ0n) is 9.34. The lowest BCUT2D eigenvalue weighted by atomic mass is 9.99. The van der Waals surface area contributed by atoms with E-state index in [0.29, 0.717) is 5.56 Å². The van der Waals surface area contributed by atoms with Gasteiger partial charge in [-0.05, 0) is 18.1 Å². The van der Waals surface area contributed by atoms with Crippen LogP contribution < -0.4 is 11.5 Å². The van der Waals surface area contributed by atoms with Crippen molar-refractivity contribution in [3.8, 4) is 0 Å². The predicted molar refractivity (Wildman–Crippen MR) is 61.5 cm³/mol. The Kier molecular flexibility index (Phi) is 4.06. The SMILES string of the molecule is COC(=O)c1c(N)cccc1CC(N)C(=O)O. The largest absolute Gasteiger partial charge is 0.480 e. The first-order valence-electron chi connectivity index (χ1n) is 4.91. The molecule has 1 rings (SSSR count). The number of nitrogens with two attached hydrogens (primary N) is 2. The Labute approximate surface area is 98.2 Å². The molecule has 0 aliphatic heterocycles. The maximum Gasteiger partial charge on any atom is 0.340 e. The molecule has 0 heterocycles. The average molecular weight is 238 g/mol. The van der Waals surface area contributed by atoms with Crippen molar-refractivity contribution in [3.05, 3.63) is 29.3 Å². The first-order valence-corrected chi connectivity index (χ1v) is 4.91. The van der Waals surface area contributed by atoms with Crippen LogP contribution in [0.15, 0.2) is 18.2 Å². The summed E-state index contributed by atoms with van der Waals surface area (Å²) in [5.74, 6) is -1.74. The molecule has 0 spiro atoms. The fourth-order valence-corrected chi connectivity index (χ4v) is 1.47. The molecule has 1 aromatic carbocycles. The van der Waals surface area contributed by atoms with Gasteiger partial charge in [-0.3, -0.25) is 4.79 Å². The van der Waals surface area contributed by atoms with Crippen LogP contribution in [-0.4, -0.2) is 30.2 Å². The van der Waals surface area contributed by atoms with E-state index in [4.69, 9.17) is 16.6 Å². The van der Waals surface area contributed by atoms with Gasteiger partial charge in [0.1, 0.15) is 6.04 Å². The molecule has 1 atom stereocenters. The smallest absolute Gasteiger partial charge is 0.340 e. The summed E-state index contributed by atoms with van der Waals surface area (Å²) in [7, 11) is 1.23. The van der Waals surface area contributed by atoms with E-state index in [1.54, 1.807) is 18.2 Å². The highest BCUT2D eigenvalue weighted by molar-refractivity contribution is 5.96. The van der Waals surface area contributed by atoms with Gasteiger partial charge in [0.05, 0.1) is 12.7 Å². The number of carbonyl (C=O) groups is 2. The lowest BCUT2D eigenvalue weighted by Crippen LogP contribution is -2.33. The van der Waals surface area contributed by atoms with E-state index in [2.05, 4.69) is 4.74 Å². The molecule has 0 bridgehead atoms. The van der Waals surface area contributed by atoms with Crippen LogP contribution in [0, 0.1) is 0 Å². The second-order valence-electron chi connectivity index (χ2n) is 3.52. The number of methoxy groups -OCH3 is 1. The molecule has 0 fully saturated rings. The Morgan fingerprint density at radius 1 is 1.47 bits per heavy atom. The van der Waals surface area contributed by atoms with Gasteiger partial charge < -0.3 is 21.3 Å². The summed E-state index contributed by atoms with van der Waals surface area (Å²) in [6.45, 7) is 0. The van der Waals surface area contributed by atoms with Crippen LogP contribution in [0.4, 0.5) is 5.69 Å². The zero-order chi connectivity index (χ0) is 13.0. The van der Waals surface area contributed by atoms with Crippen molar-refractivity contribution in [1.82, 2.24) is 0 Å². The highest BCUT2D eigenvalue weighted by Crippen LogP contribution is 2.19. The number of carboxylic acid groups (broad SMARTS) is 1. The molecule has 0 aliphatic carbocycles. The van der Waals surface area contributed by atoms with Crippen LogP contribution in [0.25, 0.3) is 0 Å². The van der Waals surface area contributed by atoms with Crippen molar-refractivity contribution in [3.63, 3.8) is 0 Å². The molecule has 17 heavy (non-hydrogen) atoms. The van der Waals surface area contributed by atoms with Crippen molar-refractivity contribution in [2.24, 2.45) is 5.73 Å². The van der Waals surface area contributed by atoms with Crippen LogP contribution in [0.3, 0.4) is 0 Å². The molecule has 0 radical (unpaired) electrons. The second-order valence-corrected chi connectivity index (χ2v) is 3.52. The molecule has 1 unspecified atom stereocenters. The molecule has 5 N–H and O–H groups in total. The summed E-state index contributed by atoms with van der Waals surface area (Å²) in [5, 5.41) is 8.73. The third kappa shape index (κ3) is 2.94. The van der Waals surface area contributed by atoms with Gasteiger partial charge >= 0.3 is 11.9 Å². The molecular weight excluding hydrogens is 224 g/mol. The van der Waals surface area contributed by atoms with E-state index < -0.39 is 18.0 Å². The van der Waals surface area contributed by atoms with Crippen molar-refractivity contribution in [1.29, 1.82) is 0 Å². The number of nitrogen functional groups attached to an aromatic ring is 1. The van der Waals surface area contributed by atoms with Gasteiger partial charge in [-0.25, -0.2) is 4.79 Å². The summed E-state index contributed by atoms with van der Waals surface area (Å²) < 4.78 is 4.59. The molecule has 92 valence electrons. The highest BCUT2D eigenvalue weighted by Gasteiger charge is 2.19. The molecule has 1 aromatic rings. The minimum atomic E-state index is -1.14. The van der Waals surface area contributed by atoms with E-state index in [9.17, 15) is 9.59 Å². The van der Waals surface area contributed by atoms with Gasteiger partial charge in [-0.15, -0.1) is 0 Å². The van der Waals surface area contributed by atoms with Crippen molar-refractivity contribution in [2.45, 2.75) is 12.5 Å². The lowest BCUT2D eigenvalue weighted by Gasteiger charge is -2.12.